The lowest BCUT2D eigenvalue weighted by atomic mass is 9.94. The summed E-state index contributed by atoms with van der Waals surface area (Å²) in [6, 6.07) is 0. The molecule has 1 saturated heterocycles. The highest BCUT2D eigenvalue weighted by Gasteiger charge is 2.40. The summed E-state index contributed by atoms with van der Waals surface area (Å²) in [4.78, 5) is 10.7. The second-order valence-corrected chi connectivity index (χ2v) is 2.86. The van der Waals surface area contributed by atoms with E-state index in [-0.39, 0.29) is 6.42 Å². The standard InChI is InChI=1S/C7H12FNO2/c8-4-3-7(6(10)11)2-1-5-9-7/h9H,1-5H2,(H,10,11). The molecule has 0 amide bonds. The zero-order valence-corrected chi connectivity index (χ0v) is 6.27. The highest BCUT2D eigenvalue weighted by atomic mass is 19.1. The lowest BCUT2D eigenvalue weighted by molar-refractivity contribution is -0.144. The largest absolute Gasteiger partial charge is 0.480 e. The number of carboxylic acid groups (broad SMARTS) is 1. The lowest BCUT2D eigenvalue weighted by Gasteiger charge is -2.22. The van der Waals surface area contributed by atoms with Crippen LogP contribution in [-0.2, 0) is 4.79 Å². The smallest absolute Gasteiger partial charge is 0.323 e. The Morgan fingerprint density at radius 3 is 2.82 bits per heavy atom. The minimum Gasteiger partial charge on any atom is -0.480 e. The Kier molecular flexibility index (Phi) is 2.44. The lowest BCUT2D eigenvalue weighted by Crippen LogP contribution is -2.47. The fourth-order valence-corrected chi connectivity index (χ4v) is 1.47. The van der Waals surface area contributed by atoms with Crippen LogP contribution in [0.1, 0.15) is 19.3 Å². The van der Waals surface area contributed by atoms with Gasteiger partial charge in [-0.15, -0.1) is 0 Å². The Hall–Kier alpha value is -0.640. The minimum atomic E-state index is -0.964. The van der Waals surface area contributed by atoms with Gasteiger partial charge in [-0.05, 0) is 19.4 Å². The van der Waals surface area contributed by atoms with Crippen LogP contribution in [0.25, 0.3) is 0 Å². The highest BCUT2D eigenvalue weighted by Crippen LogP contribution is 2.23. The van der Waals surface area contributed by atoms with Gasteiger partial charge in [-0.1, -0.05) is 0 Å². The van der Waals surface area contributed by atoms with E-state index < -0.39 is 18.2 Å². The summed E-state index contributed by atoms with van der Waals surface area (Å²) in [6.07, 6.45) is 1.46. The molecule has 64 valence electrons. The zero-order chi connectivity index (χ0) is 8.32. The molecule has 11 heavy (non-hydrogen) atoms. The number of hydrogen-bond donors (Lipinski definition) is 2. The summed E-state index contributed by atoms with van der Waals surface area (Å²) in [5.74, 6) is -0.923. The van der Waals surface area contributed by atoms with Crippen molar-refractivity contribution < 1.29 is 14.3 Å². The SMILES string of the molecule is O=C(O)C1(CCF)CCCN1. The van der Waals surface area contributed by atoms with Crippen LogP contribution >= 0.6 is 0 Å². The Labute approximate surface area is 64.6 Å². The fourth-order valence-electron chi connectivity index (χ4n) is 1.47. The molecule has 0 aromatic carbocycles. The molecule has 2 N–H and O–H groups in total. The van der Waals surface area contributed by atoms with E-state index in [0.717, 1.165) is 6.42 Å². The number of nitrogens with one attached hydrogen (secondary N) is 1. The summed E-state index contributed by atoms with van der Waals surface area (Å²) in [5, 5.41) is 11.6. The summed E-state index contributed by atoms with van der Waals surface area (Å²) in [5.41, 5.74) is -0.964. The van der Waals surface area contributed by atoms with E-state index in [1.54, 1.807) is 0 Å². The highest BCUT2D eigenvalue weighted by molar-refractivity contribution is 5.79. The molecule has 0 aromatic rings. The van der Waals surface area contributed by atoms with Gasteiger partial charge >= 0.3 is 5.97 Å². The number of aliphatic carboxylic acids is 1. The molecule has 1 aliphatic heterocycles. The number of rotatable bonds is 3. The van der Waals surface area contributed by atoms with Crippen LogP contribution < -0.4 is 5.32 Å². The molecular formula is C7H12FNO2. The predicted octanol–water partition coefficient (Wildman–Crippen LogP) is 0.553. The quantitative estimate of drug-likeness (QED) is 0.635. The molecule has 4 heteroatoms. The first-order valence-electron chi connectivity index (χ1n) is 3.76. The molecule has 1 atom stereocenters. The van der Waals surface area contributed by atoms with Crippen LogP contribution in [0.15, 0.2) is 0 Å². The van der Waals surface area contributed by atoms with Crippen LogP contribution in [0, 0.1) is 0 Å². The zero-order valence-electron chi connectivity index (χ0n) is 6.27. The molecule has 0 aromatic heterocycles. The van der Waals surface area contributed by atoms with Crippen molar-refractivity contribution in [2.24, 2.45) is 0 Å². The van der Waals surface area contributed by atoms with E-state index in [2.05, 4.69) is 5.32 Å². The number of carbonyl (C=O) groups is 1. The van der Waals surface area contributed by atoms with E-state index in [4.69, 9.17) is 5.11 Å². The monoisotopic (exact) mass is 161 g/mol. The van der Waals surface area contributed by atoms with Crippen LogP contribution in [0.3, 0.4) is 0 Å². The molecule has 1 unspecified atom stereocenters. The average molecular weight is 161 g/mol. The normalized spacial score (nSPS) is 30.6. The van der Waals surface area contributed by atoms with Gasteiger partial charge in [0.2, 0.25) is 0 Å². The predicted molar refractivity (Wildman–Crippen MR) is 38.2 cm³/mol. The van der Waals surface area contributed by atoms with Crippen molar-refractivity contribution in [3.63, 3.8) is 0 Å². The van der Waals surface area contributed by atoms with Gasteiger partial charge in [0, 0.05) is 6.42 Å². The van der Waals surface area contributed by atoms with Gasteiger partial charge in [0.05, 0.1) is 6.67 Å². The van der Waals surface area contributed by atoms with E-state index in [1.807, 2.05) is 0 Å². The fraction of sp³-hybridized carbons (Fsp3) is 0.857. The molecule has 0 aliphatic carbocycles. The van der Waals surface area contributed by atoms with E-state index in [9.17, 15) is 9.18 Å². The Bertz CT molecular complexity index is 155. The number of halogens is 1. The maximum absolute atomic E-state index is 11.9. The molecule has 0 saturated carbocycles. The Morgan fingerprint density at radius 2 is 2.45 bits per heavy atom. The van der Waals surface area contributed by atoms with Crippen LogP contribution in [-0.4, -0.2) is 29.8 Å². The van der Waals surface area contributed by atoms with E-state index in [0.29, 0.717) is 13.0 Å². The van der Waals surface area contributed by atoms with Crippen molar-refractivity contribution in [2.45, 2.75) is 24.8 Å². The van der Waals surface area contributed by atoms with Crippen molar-refractivity contribution >= 4 is 5.97 Å². The molecule has 1 fully saturated rings. The molecular weight excluding hydrogens is 149 g/mol. The Balaban J connectivity index is 2.62. The first-order valence-corrected chi connectivity index (χ1v) is 3.76. The second kappa shape index (κ2) is 3.17. The summed E-state index contributed by atoms with van der Waals surface area (Å²) >= 11 is 0. The molecule has 1 aliphatic rings. The topological polar surface area (TPSA) is 49.3 Å². The third kappa shape index (κ3) is 1.50. The van der Waals surface area contributed by atoms with E-state index >= 15 is 0 Å². The van der Waals surface area contributed by atoms with Crippen LogP contribution in [0.4, 0.5) is 4.39 Å². The summed E-state index contributed by atoms with van der Waals surface area (Å²) in [6.45, 7) is 0.117. The van der Waals surface area contributed by atoms with Crippen molar-refractivity contribution in [1.82, 2.24) is 5.32 Å². The molecule has 3 nitrogen and oxygen atoms in total. The van der Waals surface area contributed by atoms with Crippen molar-refractivity contribution in [3.05, 3.63) is 0 Å². The van der Waals surface area contributed by atoms with Gasteiger partial charge < -0.3 is 10.4 Å². The third-order valence-electron chi connectivity index (χ3n) is 2.17. The maximum atomic E-state index is 11.9. The van der Waals surface area contributed by atoms with Gasteiger partial charge in [0.1, 0.15) is 5.54 Å². The van der Waals surface area contributed by atoms with E-state index in [1.165, 1.54) is 0 Å². The van der Waals surface area contributed by atoms with Crippen LogP contribution in [0.2, 0.25) is 0 Å². The van der Waals surface area contributed by atoms with Gasteiger partial charge in [-0.3, -0.25) is 9.18 Å². The number of carboxylic acids is 1. The third-order valence-corrected chi connectivity index (χ3v) is 2.17. The molecule has 0 bridgehead atoms. The molecule has 1 rings (SSSR count). The Morgan fingerprint density at radius 1 is 1.73 bits per heavy atom. The first kappa shape index (κ1) is 8.46. The molecule has 0 spiro atoms. The summed E-state index contributed by atoms with van der Waals surface area (Å²) < 4.78 is 11.9. The first-order chi connectivity index (χ1) is 5.21. The second-order valence-electron chi connectivity index (χ2n) is 2.86. The number of alkyl halides is 1. The number of hydrogen-bond acceptors (Lipinski definition) is 2. The van der Waals surface area contributed by atoms with Gasteiger partial charge in [0.15, 0.2) is 0 Å². The average Bonchev–Trinajstić information content (AvgIpc) is 2.38. The maximum Gasteiger partial charge on any atom is 0.323 e. The molecule has 0 radical (unpaired) electrons. The van der Waals surface area contributed by atoms with Crippen molar-refractivity contribution in [2.75, 3.05) is 13.2 Å². The van der Waals surface area contributed by atoms with Gasteiger partial charge in [-0.2, -0.15) is 0 Å². The summed E-state index contributed by atoms with van der Waals surface area (Å²) in [7, 11) is 0. The van der Waals surface area contributed by atoms with Crippen molar-refractivity contribution in [3.8, 4) is 0 Å². The minimum absolute atomic E-state index is 0.0856. The van der Waals surface area contributed by atoms with Crippen LogP contribution in [0.5, 0.6) is 0 Å². The molecule has 1 heterocycles. The van der Waals surface area contributed by atoms with Gasteiger partial charge in [0.25, 0.3) is 0 Å². The van der Waals surface area contributed by atoms with Crippen molar-refractivity contribution in [1.29, 1.82) is 0 Å². The van der Waals surface area contributed by atoms with Gasteiger partial charge in [-0.25, -0.2) is 0 Å².